The molecule has 0 spiro atoms. The van der Waals surface area contributed by atoms with Gasteiger partial charge in [-0.2, -0.15) is 0 Å². The molecule has 0 radical (unpaired) electrons. The SMILES string of the molecule is O=C(c1cccc(Cn2c(=O)[nH]c(=O)c3ccccc32)c1)N1CCN(CC2CCCC2)CC1. The van der Waals surface area contributed by atoms with Gasteiger partial charge in [-0.3, -0.25) is 24.0 Å². The molecule has 1 aliphatic heterocycles. The Bertz CT molecular complexity index is 1260. The first kappa shape index (κ1) is 21.6. The lowest BCUT2D eigenvalue weighted by molar-refractivity contribution is 0.0618. The van der Waals surface area contributed by atoms with Crippen molar-refractivity contribution in [1.82, 2.24) is 19.4 Å². The van der Waals surface area contributed by atoms with Gasteiger partial charge in [0.25, 0.3) is 11.5 Å². The number of carbonyl (C=O) groups excluding carboxylic acids is 1. The number of amides is 1. The minimum absolute atomic E-state index is 0.0380. The van der Waals surface area contributed by atoms with Crippen LogP contribution in [0.25, 0.3) is 10.9 Å². The summed E-state index contributed by atoms with van der Waals surface area (Å²) in [6.07, 6.45) is 5.42. The summed E-state index contributed by atoms with van der Waals surface area (Å²) in [7, 11) is 0. The molecule has 0 bridgehead atoms. The maximum Gasteiger partial charge on any atom is 0.329 e. The lowest BCUT2D eigenvalue weighted by Gasteiger charge is -2.36. The number of hydrogen-bond acceptors (Lipinski definition) is 4. The Morgan fingerprint density at radius 3 is 2.48 bits per heavy atom. The highest BCUT2D eigenvalue weighted by molar-refractivity contribution is 5.94. The van der Waals surface area contributed by atoms with Gasteiger partial charge in [0.2, 0.25) is 0 Å². The van der Waals surface area contributed by atoms with Gasteiger partial charge in [0.15, 0.2) is 0 Å². The zero-order chi connectivity index (χ0) is 22.8. The van der Waals surface area contributed by atoms with Gasteiger partial charge in [-0.15, -0.1) is 0 Å². The highest BCUT2D eigenvalue weighted by Gasteiger charge is 2.25. The van der Waals surface area contributed by atoms with Gasteiger partial charge in [-0.1, -0.05) is 37.1 Å². The molecular formula is C26H30N4O3. The number of carbonyl (C=O) groups is 1. The van der Waals surface area contributed by atoms with Gasteiger partial charge in [0.05, 0.1) is 17.4 Å². The maximum atomic E-state index is 13.2. The molecule has 1 aromatic heterocycles. The molecule has 2 aliphatic rings. The fourth-order valence-corrected chi connectivity index (χ4v) is 5.26. The maximum absolute atomic E-state index is 13.2. The van der Waals surface area contributed by atoms with Crippen LogP contribution in [-0.4, -0.2) is 58.0 Å². The molecule has 1 N–H and O–H groups in total. The van der Waals surface area contributed by atoms with E-state index < -0.39 is 5.69 Å². The number of H-pyrrole nitrogens is 1. The first-order valence-corrected chi connectivity index (χ1v) is 11.9. The minimum atomic E-state index is -0.450. The van der Waals surface area contributed by atoms with E-state index in [0.29, 0.717) is 16.5 Å². The normalized spacial score (nSPS) is 17.6. The second kappa shape index (κ2) is 9.35. The van der Waals surface area contributed by atoms with E-state index in [1.807, 2.05) is 35.2 Å². The zero-order valence-electron chi connectivity index (χ0n) is 18.8. The van der Waals surface area contributed by atoms with Gasteiger partial charge in [0.1, 0.15) is 0 Å². The predicted octanol–water partition coefficient (Wildman–Crippen LogP) is 2.69. The monoisotopic (exact) mass is 446 g/mol. The van der Waals surface area contributed by atoms with Crippen LogP contribution in [0.15, 0.2) is 58.1 Å². The highest BCUT2D eigenvalue weighted by atomic mass is 16.2. The molecule has 2 fully saturated rings. The Morgan fingerprint density at radius 1 is 0.939 bits per heavy atom. The highest BCUT2D eigenvalue weighted by Crippen LogP contribution is 2.26. The first-order valence-electron chi connectivity index (χ1n) is 11.9. The summed E-state index contributed by atoms with van der Waals surface area (Å²) in [5, 5.41) is 0.472. The molecule has 1 aliphatic carbocycles. The van der Waals surface area contributed by atoms with E-state index in [9.17, 15) is 14.4 Å². The van der Waals surface area contributed by atoms with E-state index in [1.165, 1.54) is 32.2 Å². The molecule has 2 heterocycles. The Morgan fingerprint density at radius 2 is 1.70 bits per heavy atom. The Kier molecular flexibility index (Phi) is 6.13. The van der Waals surface area contributed by atoms with Crippen LogP contribution in [0, 0.1) is 5.92 Å². The van der Waals surface area contributed by atoms with Crippen molar-refractivity contribution in [1.29, 1.82) is 0 Å². The number of benzene rings is 2. The van der Waals surface area contributed by atoms with Crippen LogP contribution in [0.5, 0.6) is 0 Å². The number of nitrogens with one attached hydrogen (secondary N) is 1. The fourth-order valence-electron chi connectivity index (χ4n) is 5.26. The largest absolute Gasteiger partial charge is 0.336 e. The molecule has 5 rings (SSSR count). The topological polar surface area (TPSA) is 78.4 Å². The van der Waals surface area contributed by atoms with Crippen molar-refractivity contribution in [3.63, 3.8) is 0 Å². The Balaban J connectivity index is 1.29. The number of piperazine rings is 1. The standard InChI is InChI=1S/C26H30N4O3/c31-24-22-10-3-4-11-23(22)30(26(33)27-24)18-20-8-5-9-21(16-20)25(32)29-14-12-28(13-15-29)17-19-6-1-2-7-19/h3-5,8-11,16,19H,1-2,6-7,12-15,17-18H2,(H,27,31,33). The van der Waals surface area contributed by atoms with Gasteiger partial charge in [-0.25, -0.2) is 4.79 Å². The third-order valence-corrected chi connectivity index (χ3v) is 7.07. The summed E-state index contributed by atoms with van der Waals surface area (Å²) in [6, 6.07) is 14.5. The summed E-state index contributed by atoms with van der Waals surface area (Å²) >= 11 is 0. The number of nitrogens with zero attached hydrogens (tertiary/aromatic N) is 3. The summed E-state index contributed by atoms with van der Waals surface area (Å²) < 4.78 is 1.54. The average molecular weight is 447 g/mol. The van der Waals surface area contributed by atoms with Crippen molar-refractivity contribution in [2.45, 2.75) is 32.2 Å². The number of para-hydroxylation sites is 1. The van der Waals surface area contributed by atoms with E-state index in [1.54, 1.807) is 22.8 Å². The number of aromatic amines is 1. The summed E-state index contributed by atoms with van der Waals surface area (Å²) in [5.74, 6) is 0.868. The molecule has 1 amide bonds. The number of hydrogen-bond donors (Lipinski definition) is 1. The van der Waals surface area contributed by atoms with Crippen LogP contribution >= 0.6 is 0 Å². The van der Waals surface area contributed by atoms with E-state index in [0.717, 1.165) is 37.7 Å². The fraction of sp³-hybridized carbons (Fsp3) is 0.423. The Hall–Kier alpha value is -3.19. The van der Waals surface area contributed by atoms with E-state index >= 15 is 0 Å². The van der Waals surface area contributed by atoms with Crippen LogP contribution in [0.4, 0.5) is 0 Å². The van der Waals surface area contributed by atoms with E-state index in [4.69, 9.17) is 0 Å². The second-order valence-corrected chi connectivity index (χ2v) is 9.31. The van der Waals surface area contributed by atoms with Crippen molar-refractivity contribution >= 4 is 16.8 Å². The van der Waals surface area contributed by atoms with Crippen LogP contribution in [-0.2, 0) is 6.54 Å². The van der Waals surface area contributed by atoms with Crippen molar-refractivity contribution in [2.24, 2.45) is 5.92 Å². The molecule has 1 saturated heterocycles. The molecule has 3 aromatic rings. The number of aromatic nitrogens is 2. The molecule has 0 unspecified atom stereocenters. The Labute approximate surface area is 192 Å². The smallest absolute Gasteiger partial charge is 0.329 e. The lowest BCUT2D eigenvalue weighted by Crippen LogP contribution is -2.49. The van der Waals surface area contributed by atoms with Gasteiger partial charge >= 0.3 is 5.69 Å². The molecule has 7 heteroatoms. The summed E-state index contributed by atoms with van der Waals surface area (Å²) in [6.45, 7) is 4.81. The van der Waals surface area contributed by atoms with E-state index in [2.05, 4.69) is 9.88 Å². The van der Waals surface area contributed by atoms with E-state index in [-0.39, 0.29) is 18.0 Å². The third kappa shape index (κ3) is 4.64. The quantitative estimate of drug-likeness (QED) is 0.654. The summed E-state index contributed by atoms with van der Waals surface area (Å²) in [4.78, 5) is 44.6. The molecule has 1 saturated carbocycles. The third-order valence-electron chi connectivity index (χ3n) is 7.07. The molecular weight excluding hydrogens is 416 g/mol. The summed E-state index contributed by atoms with van der Waals surface area (Å²) in [5.41, 5.74) is 1.23. The van der Waals surface area contributed by atoms with Crippen LogP contribution in [0.3, 0.4) is 0 Å². The van der Waals surface area contributed by atoms with Crippen molar-refractivity contribution in [3.05, 3.63) is 80.5 Å². The predicted molar refractivity (Wildman–Crippen MR) is 129 cm³/mol. The molecule has 0 atom stereocenters. The van der Waals surface area contributed by atoms with Gasteiger partial charge in [-0.05, 0) is 48.6 Å². The number of fused-ring (bicyclic) bond motifs is 1. The molecule has 2 aromatic carbocycles. The van der Waals surface area contributed by atoms with Crippen LogP contribution in [0.2, 0.25) is 0 Å². The average Bonchev–Trinajstić information content (AvgIpc) is 3.35. The second-order valence-electron chi connectivity index (χ2n) is 9.31. The molecule has 172 valence electrons. The van der Waals surface area contributed by atoms with Crippen molar-refractivity contribution in [3.8, 4) is 0 Å². The van der Waals surface area contributed by atoms with Gasteiger partial charge in [0, 0.05) is 38.3 Å². The van der Waals surface area contributed by atoms with Crippen LogP contribution < -0.4 is 11.2 Å². The van der Waals surface area contributed by atoms with Gasteiger partial charge < -0.3 is 4.90 Å². The minimum Gasteiger partial charge on any atom is -0.336 e. The molecule has 33 heavy (non-hydrogen) atoms. The number of rotatable bonds is 5. The van der Waals surface area contributed by atoms with Crippen molar-refractivity contribution < 1.29 is 4.79 Å². The lowest BCUT2D eigenvalue weighted by atomic mass is 10.1. The first-order chi connectivity index (χ1) is 16.1. The van der Waals surface area contributed by atoms with Crippen LogP contribution in [0.1, 0.15) is 41.6 Å². The molecule has 7 nitrogen and oxygen atoms in total. The zero-order valence-corrected chi connectivity index (χ0v) is 18.8. The van der Waals surface area contributed by atoms with Crippen molar-refractivity contribution in [2.75, 3.05) is 32.7 Å².